The molecule has 0 fully saturated rings. The lowest BCUT2D eigenvalue weighted by Crippen LogP contribution is -2.86. The highest BCUT2D eigenvalue weighted by Crippen LogP contribution is 2.36. The van der Waals surface area contributed by atoms with Crippen LogP contribution >= 0.6 is 11.3 Å². The standard InChI is InChI=1S/C20H26N2O3S/c1-4-6-11-21-12-17(23)22-19-18(20(24)25-5-2)16(13-26-19)15-9-7-14(3)8-10-15/h7-10,13,21H,4-6,11-12H2,1-3H3,(H,22,23)/p+1. The molecule has 0 radical (unpaired) electrons. The molecule has 0 aliphatic rings. The summed E-state index contributed by atoms with van der Waals surface area (Å²) in [6.45, 7) is 7.48. The highest BCUT2D eigenvalue weighted by Gasteiger charge is 2.23. The Labute approximate surface area is 158 Å². The molecule has 0 aliphatic carbocycles. The lowest BCUT2D eigenvalue weighted by atomic mass is 10.0. The van der Waals surface area contributed by atoms with Crippen molar-refractivity contribution in [3.63, 3.8) is 0 Å². The Morgan fingerprint density at radius 1 is 1.19 bits per heavy atom. The molecule has 0 unspecified atom stereocenters. The molecule has 140 valence electrons. The largest absolute Gasteiger partial charge is 0.462 e. The first kappa shape index (κ1) is 20.1. The molecule has 0 atom stereocenters. The van der Waals surface area contributed by atoms with Crippen molar-refractivity contribution in [2.75, 3.05) is 25.0 Å². The van der Waals surface area contributed by atoms with Crippen molar-refractivity contribution in [3.05, 3.63) is 40.8 Å². The van der Waals surface area contributed by atoms with E-state index < -0.39 is 5.97 Å². The van der Waals surface area contributed by atoms with Crippen LogP contribution in [0.3, 0.4) is 0 Å². The number of hydrogen-bond acceptors (Lipinski definition) is 4. The summed E-state index contributed by atoms with van der Waals surface area (Å²) >= 11 is 1.35. The van der Waals surface area contributed by atoms with Gasteiger partial charge in [0, 0.05) is 10.9 Å². The van der Waals surface area contributed by atoms with Crippen LogP contribution in [-0.4, -0.2) is 31.6 Å². The van der Waals surface area contributed by atoms with E-state index in [0.29, 0.717) is 23.7 Å². The first-order valence-electron chi connectivity index (χ1n) is 9.04. The molecule has 0 spiro atoms. The number of esters is 1. The predicted octanol–water partition coefficient (Wildman–Crippen LogP) is 3.20. The van der Waals surface area contributed by atoms with Gasteiger partial charge < -0.3 is 15.4 Å². The Morgan fingerprint density at radius 3 is 2.58 bits per heavy atom. The smallest absolute Gasteiger partial charge is 0.341 e. The van der Waals surface area contributed by atoms with Crippen LogP contribution in [0.1, 0.15) is 42.6 Å². The number of quaternary nitrogens is 1. The minimum atomic E-state index is -0.408. The van der Waals surface area contributed by atoms with E-state index in [9.17, 15) is 9.59 Å². The summed E-state index contributed by atoms with van der Waals surface area (Å²) in [6.07, 6.45) is 2.19. The number of nitrogens with one attached hydrogen (secondary N) is 1. The minimum absolute atomic E-state index is 0.107. The van der Waals surface area contributed by atoms with Gasteiger partial charge in [-0.05, 0) is 25.8 Å². The van der Waals surface area contributed by atoms with Gasteiger partial charge in [-0.2, -0.15) is 0 Å². The number of aryl methyl sites for hydroxylation is 1. The molecular weight excluding hydrogens is 348 g/mol. The van der Waals surface area contributed by atoms with Crippen LogP contribution in [-0.2, 0) is 9.53 Å². The van der Waals surface area contributed by atoms with Gasteiger partial charge in [0.1, 0.15) is 10.6 Å². The van der Waals surface area contributed by atoms with Crippen LogP contribution in [0.5, 0.6) is 0 Å². The maximum Gasteiger partial charge on any atom is 0.341 e. The van der Waals surface area contributed by atoms with Gasteiger partial charge in [-0.1, -0.05) is 43.2 Å². The van der Waals surface area contributed by atoms with Gasteiger partial charge in [-0.3, -0.25) is 4.79 Å². The summed E-state index contributed by atoms with van der Waals surface area (Å²) in [5.41, 5.74) is 3.31. The third-order valence-corrected chi connectivity index (χ3v) is 4.87. The number of ether oxygens (including phenoxy) is 1. The molecule has 5 nitrogen and oxygen atoms in total. The average molecular weight is 376 g/mol. The molecule has 2 rings (SSSR count). The summed E-state index contributed by atoms with van der Waals surface area (Å²) < 4.78 is 5.22. The van der Waals surface area contributed by atoms with Crippen LogP contribution in [0, 0.1) is 6.92 Å². The summed E-state index contributed by atoms with van der Waals surface area (Å²) in [5, 5.41) is 7.30. The number of anilines is 1. The fraction of sp³-hybridized carbons (Fsp3) is 0.400. The van der Waals surface area contributed by atoms with Crippen molar-refractivity contribution >= 4 is 28.2 Å². The van der Waals surface area contributed by atoms with Crippen LogP contribution in [0.15, 0.2) is 29.6 Å². The third kappa shape index (κ3) is 5.41. The van der Waals surface area contributed by atoms with E-state index in [0.717, 1.165) is 36.1 Å². The topological polar surface area (TPSA) is 72.0 Å². The Bertz CT molecular complexity index is 738. The number of hydrogen-bond donors (Lipinski definition) is 2. The molecule has 0 bridgehead atoms. The SMILES string of the molecule is CCCC[NH2+]CC(=O)Nc1scc(-c2ccc(C)cc2)c1C(=O)OCC. The first-order valence-corrected chi connectivity index (χ1v) is 9.91. The van der Waals surface area contributed by atoms with Crippen molar-refractivity contribution in [3.8, 4) is 11.1 Å². The van der Waals surface area contributed by atoms with Crippen molar-refractivity contribution < 1.29 is 19.6 Å². The summed E-state index contributed by atoms with van der Waals surface area (Å²) in [4.78, 5) is 24.7. The number of benzene rings is 1. The van der Waals surface area contributed by atoms with Gasteiger partial charge in [-0.15, -0.1) is 11.3 Å². The van der Waals surface area contributed by atoms with E-state index in [1.54, 1.807) is 6.92 Å². The molecule has 1 aromatic heterocycles. The molecule has 3 N–H and O–H groups in total. The van der Waals surface area contributed by atoms with Gasteiger partial charge >= 0.3 is 5.97 Å². The molecule has 1 heterocycles. The molecule has 2 aromatic rings. The molecule has 0 aliphatic heterocycles. The van der Waals surface area contributed by atoms with Gasteiger partial charge in [-0.25, -0.2) is 4.79 Å². The Balaban J connectivity index is 2.21. The quantitative estimate of drug-likeness (QED) is 0.522. The molecule has 0 saturated heterocycles. The summed E-state index contributed by atoms with van der Waals surface area (Å²) in [6, 6.07) is 7.96. The summed E-state index contributed by atoms with van der Waals surface area (Å²) in [5.74, 6) is -0.515. The summed E-state index contributed by atoms with van der Waals surface area (Å²) in [7, 11) is 0. The van der Waals surface area contributed by atoms with Crippen LogP contribution in [0.25, 0.3) is 11.1 Å². The van der Waals surface area contributed by atoms with E-state index >= 15 is 0 Å². The monoisotopic (exact) mass is 375 g/mol. The van der Waals surface area contributed by atoms with E-state index in [4.69, 9.17) is 4.74 Å². The van der Waals surface area contributed by atoms with E-state index in [1.807, 2.05) is 41.9 Å². The average Bonchev–Trinajstić information content (AvgIpc) is 3.03. The maximum absolute atomic E-state index is 12.5. The first-order chi connectivity index (χ1) is 12.6. The number of rotatable bonds is 9. The Hall–Kier alpha value is -2.18. The second-order valence-electron chi connectivity index (χ2n) is 6.12. The zero-order valence-corrected chi connectivity index (χ0v) is 16.4. The Kier molecular flexibility index (Phi) is 7.81. The van der Waals surface area contributed by atoms with Crippen LogP contribution in [0.2, 0.25) is 0 Å². The van der Waals surface area contributed by atoms with Crippen molar-refractivity contribution in [1.82, 2.24) is 0 Å². The fourth-order valence-electron chi connectivity index (χ4n) is 2.56. The van der Waals surface area contributed by atoms with Crippen molar-refractivity contribution in [2.24, 2.45) is 0 Å². The molecule has 6 heteroatoms. The third-order valence-electron chi connectivity index (χ3n) is 3.98. The number of nitrogens with two attached hydrogens (primary N) is 1. The van der Waals surface area contributed by atoms with Gasteiger partial charge in [0.05, 0.1) is 13.2 Å². The maximum atomic E-state index is 12.5. The van der Waals surface area contributed by atoms with Crippen molar-refractivity contribution in [1.29, 1.82) is 0 Å². The van der Waals surface area contributed by atoms with Gasteiger partial charge in [0.2, 0.25) is 0 Å². The number of carbonyl (C=O) groups is 2. The van der Waals surface area contributed by atoms with Crippen molar-refractivity contribution in [2.45, 2.75) is 33.6 Å². The molecule has 0 saturated carbocycles. The molecule has 1 amide bonds. The second kappa shape index (κ2) is 10.1. The zero-order valence-electron chi connectivity index (χ0n) is 15.6. The highest BCUT2D eigenvalue weighted by atomic mass is 32.1. The lowest BCUT2D eigenvalue weighted by molar-refractivity contribution is -0.643. The number of carbonyl (C=O) groups excluding carboxylic acids is 2. The minimum Gasteiger partial charge on any atom is -0.462 e. The van der Waals surface area contributed by atoms with E-state index in [-0.39, 0.29) is 5.91 Å². The Morgan fingerprint density at radius 2 is 1.92 bits per heavy atom. The lowest BCUT2D eigenvalue weighted by Gasteiger charge is -2.09. The molecule has 1 aromatic carbocycles. The van der Waals surface area contributed by atoms with E-state index in [1.165, 1.54) is 11.3 Å². The van der Waals surface area contributed by atoms with Crippen LogP contribution in [0.4, 0.5) is 5.00 Å². The highest BCUT2D eigenvalue weighted by molar-refractivity contribution is 7.15. The second-order valence-corrected chi connectivity index (χ2v) is 7.00. The molecular formula is C20H27N2O3S+. The molecule has 26 heavy (non-hydrogen) atoms. The predicted molar refractivity (Wildman–Crippen MR) is 106 cm³/mol. The van der Waals surface area contributed by atoms with Gasteiger partial charge in [0.25, 0.3) is 5.91 Å². The number of thiophene rings is 1. The normalized spacial score (nSPS) is 10.6. The zero-order chi connectivity index (χ0) is 18.9. The number of amides is 1. The van der Waals surface area contributed by atoms with E-state index in [2.05, 4.69) is 12.2 Å². The van der Waals surface area contributed by atoms with Gasteiger partial charge in [0.15, 0.2) is 6.54 Å². The fourth-order valence-corrected chi connectivity index (χ4v) is 3.53. The van der Waals surface area contributed by atoms with Crippen LogP contribution < -0.4 is 10.6 Å². The number of unbranched alkanes of at least 4 members (excludes halogenated alkanes) is 1.